The second kappa shape index (κ2) is 9.00. The molecule has 4 aromatic rings. The summed E-state index contributed by atoms with van der Waals surface area (Å²) in [7, 11) is 1.57. The standard InChI is InChI=1S/C22H15Br2NO2S2/c1-27-21-16(11-14(23)12-17(21)24)19(26)10-13-6-8-15(9-7-13)28-22-25-18-4-2-3-5-20(18)29-22/h2-9,11-12H,10H2,1H3. The minimum Gasteiger partial charge on any atom is -0.495 e. The Bertz CT molecular complexity index is 1160. The van der Waals surface area contributed by atoms with Crippen molar-refractivity contribution in [2.24, 2.45) is 0 Å². The lowest BCUT2D eigenvalue weighted by Gasteiger charge is -2.11. The molecule has 3 nitrogen and oxygen atoms in total. The minimum absolute atomic E-state index is 0.00965. The van der Waals surface area contributed by atoms with Crippen LogP contribution in [0.5, 0.6) is 5.75 Å². The van der Waals surface area contributed by atoms with Crippen LogP contribution >= 0.6 is 55.0 Å². The Hall–Kier alpha value is -1.67. The molecule has 0 radical (unpaired) electrons. The molecule has 0 N–H and O–H groups in total. The molecule has 0 amide bonds. The van der Waals surface area contributed by atoms with Crippen molar-refractivity contribution >= 4 is 71.0 Å². The molecule has 7 heteroatoms. The zero-order chi connectivity index (χ0) is 20.4. The number of halogens is 2. The fraction of sp³-hybridized carbons (Fsp3) is 0.0909. The highest BCUT2D eigenvalue weighted by atomic mass is 79.9. The number of fused-ring (bicyclic) bond motifs is 1. The van der Waals surface area contributed by atoms with Gasteiger partial charge in [0, 0.05) is 15.8 Å². The summed E-state index contributed by atoms with van der Waals surface area (Å²) >= 11 is 10.2. The lowest BCUT2D eigenvalue weighted by Crippen LogP contribution is -2.06. The van der Waals surface area contributed by atoms with Crippen LogP contribution in [0.15, 0.2) is 78.8 Å². The van der Waals surface area contributed by atoms with Crippen LogP contribution in [0.25, 0.3) is 10.2 Å². The van der Waals surface area contributed by atoms with Gasteiger partial charge in [0.25, 0.3) is 0 Å². The van der Waals surface area contributed by atoms with E-state index in [0.29, 0.717) is 17.7 Å². The third-order valence-corrected chi connectivity index (χ3v) is 7.43. The molecule has 0 spiro atoms. The number of ether oxygens (including phenoxy) is 1. The number of benzene rings is 3. The number of ketones is 1. The maximum absolute atomic E-state index is 12.8. The molecule has 0 aliphatic carbocycles. The quantitative estimate of drug-likeness (QED) is 0.235. The zero-order valence-electron chi connectivity index (χ0n) is 15.3. The summed E-state index contributed by atoms with van der Waals surface area (Å²) < 4.78 is 9.18. The Labute approximate surface area is 193 Å². The number of hydrogen-bond acceptors (Lipinski definition) is 5. The first-order chi connectivity index (χ1) is 14.0. The molecule has 0 aliphatic heterocycles. The normalized spacial score (nSPS) is 11.0. The Kier molecular flexibility index (Phi) is 6.39. The Morgan fingerprint density at radius 2 is 1.86 bits per heavy atom. The van der Waals surface area contributed by atoms with Crippen molar-refractivity contribution in [2.75, 3.05) is 7.11 Å². The molecule has 1 heterocycles. The number of methoxy groups -OCH3 is 1. The van der Waals surface area contributed by atoms with Gasteiger partial charge in [0.05, 0.1) is 27.4 Å². The van der Waals surface area contributed by atoms with Gasteiger partial charge in [0.1, 0.15) is 5.75 Å². The molecule has 0 fully saturated rings. The molecule has 3 aromatic carbocycles. The van der Waals surface area contributed by atoms with E-state index in [1.807, 2.05) is 48.5 Å². The number of Topliss-reactive ketones (excluding diaryl/α,β-unsaturated/α-hetero) is 1. The van der Waals surface area contributed by atoms with E-state index in [1.54, 1.807) is 36.3 Å². The summed E-state index contributed by atoms with van der Waals surface area (Å²) in [5.41, 5.74) is 2.54. The summed E-state index contributed by atoms with van der Waals surface area (Å²) in [5.74, 6) is 0.566. The smallest absolute Gasteiger partial charge is 0.171 e. The third-order valence-electron chi connectivity index (χ3n) is 4.28. The summed E-state index contributed by atoms with van der Waals surface area (Å²) in [6.07, 6.45) is 0.311. The van der Waals surface area contributed by atoms with Gasteiger partial charge in [-0.15, -0.1) is 11.3 Å². The van der Waals surface area contributed by atoms with E-state index in [-0.39, 0.29) is 5.78 Å². The van der Waals surface area contributed by atoms with Crippen LogP contribution in [0.3, 0.4) is 0 Å². The van der Waals surface area contributed by atoms with Gasteiger partial charge in [-0.25, -0.2) is 4.98 Å². The fourth-order valence-corrected chi connectivity index (χ4v) is 6.35. The van der Waals surface area contributed by atoms with Gasteiger partial charge in [-0.3, -0.25) is 4.79 Å². The average Bonchev–Trinajstić information content (AvgIpc) is 3.11. The molecule has 0 saturated heterocycles. The Morgan fingerprint density at radius 3 is 2.59 bits per heavy atom. The molecular weight excluding hydrogens is 534 g/mol. The first-order valence-electron chi connectivity index (χ1n) is 8.72. The highest BCUT2D eigenvalue weighted by molar-refractivity contribution is 9.11. The number of aromatic nitrogens is 1. The van der Waals surface area contributed by atoms with Crippen molar-refractivity contribution in [3.05, 3.63) is 80.7 Å². The van der Waals surface area contributed by atoms with Crippen LogP contribution in [-0.4, -0.2) is 17.9 Å². The molecule has 0 atom stereocenters. The van der Waals surface area contributed by atoms with Crippen molar-refractivity contribution in [3.63, 3.8) is 0 Å². The molecule has 4 rings (SSSR count). The largest absolute Gasteiger partial charge is 0.495 e. The summed E-state index contributed by atoms with van der Waals surface area (Å²) in [5, 5.41) is 0. The van der Waals surface area contributed by atoms with E-state index >= 15 is 0 Å². The number of para-hydroxylation sites is 1. The maximum atomic E-state index is 12.8. The molecule has 0 aliphatic rings. The highest BCUT2D eigenvalue weighted by Gasteiger charge is 2.17. The number of thiazole rings is 1. The van der Waals surface area contributed by atoms with Crippen molar-refractivity contribution < 1.29 is 9.53 Å². The van der Waals surface area contributed by atoms with Gasteiger partial charge < -0.3 is 4.74 Å². The number of carbonyl (C=O) groups is 1. The molecule has 29 heavy (non-hydrogen) atoms. The van der Waals surface area contributed by atoms with Crippen molar-refractivity contribution in [1.29, 1.82) is 0 Å². The van der Waals surface area contributed by atoms with Gasteiger partial charge in [-0.2, -0.15) is 0 Å². The monoisotopic (exact) mass is 547 g/mol. The first kappa shape index (κ1) is 20.6. The lowest BCUT2D eigenvalue weighted by atomic mass is 10.0. The van der Waals surface area contributed by atoms with Crippen molar-refractivity contribution in [2.45, 2.75) is 15.7 Å². The van der Waals surface area contributed by atoms with E-state index in [9.17, 15) is 4.79 Å². The van der Waals surface area contributed by atoms with Gasteiger partial charge in [-0.05, 0) is 57.9 Å². The van der Waals surface area contributed by atoms with E-state index in [2.05, 4.69) is 42.9 Å². The fourth-order valence-electron chi connectivity index (χ4n) is 2.93. The number of nitrogens with zero attached hydrogens (tertiary/aromatic N) is 1. The SMILES string of the molecule is COc1c(Br)cc(Br)cc1C(=O)Cc1ccc(Sc2nc3ccccc3s2)cc1. The Morgan fingerprint density at radius 1 is 1.10 bits per heavy atom. The van der Waals surface area contributed by atoms with E-state index < -0.39 is 0 Å². The summed E-state index contributed by atoms with van der Waals surface area (Å²) in [6.45, 7) is 0. The summed E-state index contributed by atoms with van der Waals surface area (Å²) in [4.78, 5) is 18.6. The van der Waals surface area contributed by atoms with Crippen molar-refractivity contribution in [1.82, 2.24) is 4.98 Å². The van der Waals surface area contributed by atoms with Crippen molar-refractivity contribution in [3.8, 4) is 5.75 Å². The molecule has 0 bridgehead atoms. The van der Waals surface area contributed by atoms with Crippen LogP contribution in [0, 0.1) is 0 Å². The van der Waals surface area contributed by atoms with Crippen LogP contribution < -0.4 is 4.74 Å². The topological polar surface area (TPSA) is 39.2 Å². The predicted molar refractivity (Wildman–Crippen MR) is 127 cm³/mol. The predicted octanol–water partition coefficient (Wildman–Crippen LogP) is 7.41. The number of carbonyl (C=O) groups excluding carboxylic acids is 1. The minimum atomic E-state index is 0.00965. The number of hydrogen-bond donors (Lipinski definition) is 0. The molecule has 146 valence electrons. The molecule has 0 saturated carbocycles. The highest BCUT2D eigenvalue weighted by Crippen LogP contribution is 2.35. The second-order valence-corrected chi connectivity index (χ2v) is 10.4. The van der Waals surface area contributed by atoms with Gasteiger partial charge >= 0.3 is 0 Å². The maximum Gasteiger partial charge on any atom is 0.171 e. The lowest BCUT2D eigenvalue weighted by molar-refractivity contribution is 0.0990. The van der Waals surface area contributed by atoms with Gasteiger partial charge in [-0.1, -0.05) is 52.0 Å². The zero-order valence-corrected chi connectivity index (χ0v) is 20.1. The van der Waals surface area contributed by atoms with E-state index in [0.717, 1.165) is 29.3 Å². The second-order valence-electron chi connectivity index (χ2n) is 6.26. The average molecular weight is 549 g/mol. The molecule has 1 aromatic heterocycles. The van der Waals surface area contributed by atoms with E-state index in [1.165, 1.54) is 4.70 Å². The number of rotatable bonds is 6. The van der Waals surface area contributed by atoms with Crippen LogP contribution in [0.1, 0.15) is 15.9 Å². The van der Waals surface area contributed by atoms with Crippen LogP contribution in [0.2, 0.25) is 0 Å². The van der Waals surface area contributed by atoms with Gasteiger partial charge in [0.2, 0.25) is 0 Å². The third kappa shape index (κ3) is 4.74. The first-order valence-corrected chi connectivity index (χ1v) is 11.9. The van der Waals surface area contributed by atoms with Crippen LogP contribution in [0.4, 0.5) is 0 Å². The Balaban J connectivity index is 1.49. The summed E-state index contributed by atoms with van der Waals surface area (Å²) in [6, 6.07) is 19.9. The van der Waals surface area contributed by atoms with E-state index in [4.69, 9.17) is 4.74 Å². The molecule has 0 unspecified atom stereocenters. The molecular formula is C22H15Br2NO2S2. The van der Waals surface area contributed by atoms with Gasteiger partial charge in [0.15, 0.2) is 10.1 Å². The van der Waals surface area contributed by atoms with Crippen LogP contribution in [-0.2, 0) is 6.42 Å².